The minimum absolute atomic E-state index is 0.0669. The van der Waals surface area contributed by atoms with Gasteiger partial charge < -0.3 is 10.6 Å². The Bertz CT molecular complexity index is 1980. The van der Waals surface area contributed by atoms with Crippen LogP contribution in [0.5, 0.6) is 0 Å². The van der Waals surface area contributed by atoms with Crippen LogP contribution in [-0.2, 0) is 5.54 Å². The number of nitriles is 2. The van der Waals surface area contributed by atoms with E-state index in [0.717, 1.165) is 15.6 Å². The van der Waals surface area contributed by atoms with Gasteiger partial charge in [-0.25, -0.2) is 4.68 Å². The predicted octanol–water partition coefficient (Wildman–Crippen LogP) is 6.47. The molecule has 2 aromatic carbocycles. The molecule has 1 fully saturated rings. The maximum absolute atomic E-state index is 14.0. The van der Waals surface area contributed by atoms with Crippen LogP contribution in [-0.4, -0.2) is 42.9 Å². The summed E-state index contributed by atoms with van der Waals surface area (Å²) >= 11 is 0. The molecule has 10 nitrogen and oxygen atoms in total. The smallest absolute Gasteiger partial charge is 0.383 e. The van der Waals surface area contributed by atoms with Crippen molar-refractivity contribution in [1.29, 1.82) is 10.5 Å². The summed E-state index contributed by atoms with van der Waals surface area (Å²) in [6, 6.07) is 12.6. The molecule has 5 aromatic rings. The van der Waals surface area contributed by atoms with Crippen molar-refractivity contribution in [3.8, 4) is 12.1 Å². The summed E-state index contributed by atoms with van der Waals surface area (Å²) < 4.78 is 42.8. The molecule has 0 amide bonds. The van der Waals surface area contributed by atoms with Crippen LogP contribution in [0.4, 0.5) is 24.5 Å². The number of fused-ring (bicyclic) bond motifs is 2. The van der Waals surface area contributed by atoms with Gasteiger partial charge in [-0.15, -0.1) is 5.10 Å². The van der Waals surface area contributed by atoms with Gasteiger partial charge in [0.25, 0.3) is 0 Å². The summed E-state index contributed by atoms with van der Waals surface area (Å²) in [6.07, 6.45) is -1.82. The summed E-state index contributed by atoms with van der Waals surface area (Å²) in [7, 11) is 0. The Hall–Kier alpha value is -5.17. The normalized spacial score (nSPS) is 15.1. The van der Waals surface area contributed by atoms with E-state index in [1.807, 2.05) is 25.1 Å². The monoisotopic (exact) mass is 598 g/mol. The van der Waals surface area contributed by atoms with Crippen LogP contribution < -0.4 is 10.6 Å². The SMILES string of the molecule is Cc1n[nH]c2cccc(C(Nc3cc(C#N)c4ncc(C#N)c(NCC(C)(C)C)c4c3)c3cn(C4(C(F)(F)F)CC4)nn3)c12. The van der Waals surface area contributed by atoms with Crippen LogP contribution in [0.15, 0.2) is 42.7 Å². The zero-order chi connectivity index (χ0) is 31.4. The molecule has 0 radical (unpaired) electrons. The number of benzene rings is 2. The molecular weight excluding hydrogens is 569 g/mol. The predicted molar refractivity (Wildman–Crippen MR) is 159 cm³/mol. The molecule has 1 atom stereocenters. The van der Waals surface area contributed by atoms with E-state index in [1.165, 1.54) is 12.4 Å². The lowest BCUT2D eigenvalue weighted by Gasteiger charge is -2.23. The Balaban J connectivity index is 1.51. The number of aromatic amines is 1. The number of nitrogens with one attached hydrogen (secondary N) is 3. The Morgan fingerprint density at radius 2 is 1.86 bits per heavy atom. The van der Waals surface area contributed by atoms with Crippen molar-refractivity contribution in [3.05, 3.63) is 70.8 Å². The highest BCUT2D eigenvalue weighted by Crippen LogP contribution is 2.55. The number of anilines is 2. The Morgan fingerprint density at radius 1 is 1.11 bits per heavy atom. The van der Waals surface area contributed by atoms with Crippen LogP contribution in [0.1, 0.15) is 67.7 Å². The standard InChI is InChI=1S/C31H29F3N10/c1-17-25-21(6-5-7-23(25)41-40-17)28(24-15-44(43-42-24)30(8-9-30)31(32,33)34)39-20-10-18(12-35)26-22(11-20)27(19(13-36)14-37-26)38-16-29(2,3)4/h5-7,10-11,14-15,28,39H,8-9,16H2,1-4H3,(H,37,38)(H,40,41). The highest BCUT2D eigenvalue weighted by molar-refractivity contribution is 5.99. The van der Waals surface area contributed by atoms with Gasteiger partial charge in [0.15, 0.2) is 5.54 Å². The Labute approximate surface area is 250 Å². The second-order valence-electron chi connectivity index (χ2n) is 12.4. The van der Waals surface area contributed by atoms with E-state index in [2.05, 4.69) is 69.0 Å². The molecule has 3 aromatic heterocycles. The van der Waals surface area contributed by atoms with Crippen molar-refractivity contribution in [3.63, 3.8) is 0 Å². The van der Waals surface area contributed by atoms with E-state index in [9.17, 15) is 23.7 Å². The molecule has 1 aliphatic rings. The van der Waals surface area contributed by atoms with Crippen molar-refractivity contribution in [2.45, 2.75) is 58.3 Å². The topological polar surface area (TPSA) is 144 Å². The summed E-state index contributed by atoms with van der Waals surface area (Å²) in [4.78, 5) is 4.41. The van der Waals surface area contributed by atoms with E-state index in [0.29, 0.717) is 45.6 Å². The molecule has 44 heavy (non-hydrogen) atoms. The second-order valence-corrected chi connectivity index (χ2v) is 12.4. The third kappa shape index (κ3) is 4.94. The molecule has 3 N–H and O–H groups in total. The number of alkyl halides is 3. The number of pyridine rings is 1. The van der Waals surface area contributed by atoms with Gasteiger partial charge in [-0.05, 0) is 48.9 Å². The van der Waals surface area contributed by atoms with Crippen LogP contribution in [0.3, 0.4) is 0 Å². The van der Waals surface area contributed by atoms with Crippen molar-refractivity contribution in [2.75, 3.05) is 17.2 Å². The number of aryl methyl sites for hydroxylation is 1. The van der Waals surface area contributed by atoms with Crippen molar-refractivity contribution >= 4 is 33.2 Å². The lowest BCUT2D eigenvalue weighted by atomic mass is 9.96. The zero-order valence-corrected chi connectivity index (χ0v) is 24.5. The van der Waals surface area contributed by atoms with E-state index >= 15 is 0 Å². The number of hydrogen-bond donors (Lipinski definition) is 3. The number of nitrogens with zero attached hydrogens (tertiary/aromatic N) is 7. The Morgan fingerprint density at radius 3 is 2.52 bits per heavy atom. The molecule has 0 saturated heterocycles. The maximum Gasteiger partial charge on any atom is 0.413 e. The fourth-order valence-electron chi connectivity index (χ4n) is 5.46. The molecule has 1 aliphatic carbocycles. The summed E-state index contributed by atoms with van der Waals surface area (Å²) in [5.41, 5.74) is 2.30. The number of rotatable bonds is 7. The van der Waals surface area contributed by atoms with Gasteiger partial charge in [0, 0.05) is 29.2 Å². The fourth-order valence-corrected chi connectivity index (χ4v) is 5.46. The van der Waals surface area contributed by atoms with Crippen LogP contribution in [0, 0.1) is 35.0 Å². The molecule has 224 valence electrons. The first-order valence-electron chi connectivity index (χ1n) is 14.1. The molecule has 0 spiro atoms. The number of halogens is 3. The van der Waals surface area contributed by atoms with Gasteiger partial charge in [0.05, 0.1) is 45.8 Å². The molecule has 13 heteroatoms. The summed E-state index contributed by atoms with van der Waals surface area (Å²) in [5.74, 6) is 0. The highest BCUT2D eigenvalue weighted by atomic mass is 19.4. The average molecular weight is 599 g/mol. The quantitative estimate of drug-likeness (QED) is 0.194. The average Bonchev–Trinajstić information content (AvgIpc) is 3.52. The lowest BCUT2D eigenvalue weighted by molar-refractivity contribution is -0.182. The number of aromatic nitrogens is 6. The minimum atomic E-state index is -4.47. The van der Waals surface area contributed by atoms with E-state index in [4.69, 9.17) is 0 Å². The van der Waals surface area contributed by atoms with Gasteiger partial charge in [-0.2, -0.15) is 28.8 Å². The number of hydrogen-bond acceptors (Lipinski definition) is 8. The largest absolute Gasteiger partial charge is 0.413 e. The van der Waals surface area contributed by atoms with Crippen LogP contribution in [0.25, 0.3) is 21.8 Å². The van der Waals surface area contributed by atoms with Gasteiger partial charge >= 0.3 is 6.18 Å². The number of H-pyrrole nitrogens is 1. The first-order valence-corrected chi connectivity index (χ1v) is 14.1. The third-order valence-electron chi connectivity index (χ3n) is 7.93. The minimum Gasteiger partial charge on any atom is -0.383 e. The second kappa shape index (κ2) is 10.2. The third-order valence-corrected chi connectivity index (χ3v) is 7.93. The molecule has 1 unspecified atom stereocenters. The first-order chi connectivity index (χ1) is 20.8. The molecular formula is C31H29F3N10. The van der Waals surface area contributed by atoms with Crippen LogP contribution in [0.2, 0.25) is 0 Å². The maximum atomic E-state index is 14.0. The highest BCUT2D eigenvalue weighted by Gasteiger charge is 2.66. The molecule has 0 aliphatic heterocycles. The van der Waals surface area contributed by atoms with E-state index < -0.39 is 17.8 Å². The summed E-state index contributed by atoms with van der Waals surface area (Å²) in [6.45, 7) is 8.57. The fraction of sp³-hybridized carbons (Fsp3) is 0.355. The van der Waals surface area contributed by atoms with Crippen molar-refractivity contribution in [1.82, 2.24) is 30.2 Å². The van der Waals surface area contributed by atoms with Gasteiger partial charge in [0.2, 0.25) is 0 Å². The zero-order valence-electron chi connectivity index (χ0n) is 24.5. The summed E-state index contributed by atoms with van der Waals surface area (Å²) in [5, 5.41) is 43.6. The molecule has 3 heterocycles. The van der Waals surface area contributed by atoms with Gasteiger partial charge in [-0.3, -0.25) is 10.1 Å². The molecule has 1 saturated carbocycles. The van der Waals surface area contributed by atoms with Gasteiger partial charge in [0.1, 0.15) is 17.8 Å². The van der Waals surface area contributed by atoms with E-state index in [-0.39, 0.29) is 29.5 Å². The van der Waals surface area contributed by atoms with Crippen LogP contribution >= 0.6 is 0 Å². The molecule has 6 rings (SSSR count). The Kier molecular flexibility index (Phi) is 6.72. The van der Waals surface area contributed by atoms with Gasteiger partial charge in [-0.1, -0.05) is 38.1 Å². The lowest BCUT2D eigenvalue weighted by Crippen LogP contribution is -2.35. The molecule has 0 bridgehead atoms. The van der Waals surface area contributed by atoms with Crippen molar-refractivity contribution < 1.29 is 13.2 Å². The first kappa shape index (κ1) is 28.9. The van der Waals surface area contributed by atoms with Crippen molar-refractivity contribution in [2.24, 2.45) is 5.41 Å². The van der Waals surface area contributed by atoms with E-state index in [1.54, 1.807) is 12.1 Å².